The number of fused-ring (bicyclic) bond motifs is 1. The zero-order chi connectivity index (χ0) is 16.1. The number of allylic oxidation sites excluding steroid dienone is 2. The average Bonchev–Trinajstić information content (AvgIpc) is 3.02. The van der Waals surface area contributed by atoms with Crippen LogP contribution in [0.25, 0.3) is 0 Å². The second-order valence-electron chi connectivity index (χ2n) is 7.01. The van der Waals surface area contributed by atoms with E-state index in [-0.39, 0.29) is 0 Å². The van der Waals surface area contributed by atoms with Crippen molar-refractivity contribution >= 4 is 5.78 Å². The predicted octanol–water partition coefficient (Wildman–Crippen LogP) is 5.22. The Bertz CT molecular complexity index is 573. The van der Waals surface area contributed by atoms with Crippen LogP contribution in [-0.4, -0.2) is 12.4 Å². The topological polar surface area (TPSA) is 26.3 Å². The first-order valence-electron chi connectivity index (χ1n) is 9.12. The molecular weight excluding hydrogens is 284 g/mol. The standard InChI is InChI=1S/C21H28O2/c1-2-21-13-6-11-19(21)18(20(22)12-14-21)10-7-15-23-16-17-8-4-3-5-9-17/h3-5,8-9H,2,6-7,10-16H2,1H3/t21-/m1/s1. The van der Waals surface area contributed by atoms with E-state index >= 15 is 0 Å². The molecule has 0 N–H and O–H groups in total. The maximum atomic E-state index is 12.4. The van der Waals surface area contributed by atoms with E-state index in [0.29, 0.717) is 17.8 Å². The van der Waals surface area contributed by atoms with Crippen LogP contribution in [0.2, 0.25) is 0 Å². The molecule has 23 heavy (non-hydrogen) atoms. The van der Waals surface area contributed by atoms with Gasteiger partial charge in [-0.1, -0.05) is 42.8 Å². The van der Waals surface area contributed by atoms with Crippen molar-refractivity contribution in [2.24, 2.45) is 5.41 Å². The molecular formula is C21H28O2. The summed E-state index contributed by atoms with van der Waals surface area (Å²) in [6.07, 6.45) is 8.62. The fraction of sp³-hybridized carbons (Fsp3) is 0.571. The molecule has 0 unspecified atom stereocenters. The molecule has 1 aromatic carbocycles. The number of carbonyl (C=O) groups excluding carboxylic acids is 1. The highest BCUT2D eigenvalue weighted by atomic mass is 16.5. The van der Waals surface area contributed by atoms with Gasteiger partial charge < -0.3 is 4.74 Å². The molecule has 0 aromatic heterocycles. The molecule has 0 radical (unpaired) electrons. The maximum absolute atomic E-state index is 12.4. The van der Waals surface area contributed by atoms with Crippen molar-refractivity contribution in [3.8, 4) is 0 Å². The van der Waals surface area contributed by atoms with Crippen molar-refractivity contribution < 1.29 is 9.53 Å². The molecule has 0 aliphatic heterocycles. The minimum absolute atomic E-state index is 0.369. The summed E-state index contributed by atoms with van der Waals surface area (Å²) in [6, 6.07) is 10.3. The van der Waals surface area contributed by atoms with Crippen molar-refractivity contribution in [2.75, 3.05) is 6.61 Å². The summed E-state index contributed by atoms with van der Waals surface area (Å²) >= 11 is 0. The summed E-state index contributed by atoms with van der Waals surface area (Å²) in [4.78, 5) is 12.4. The van der Waals surface area contributed by atoms with Crippen LogP contribution < -0.4 is 0 Å². The first-order chi connectivity index (χ1) is 11.2. The zero-order valence-electron chi connectivity index (χ0n) is 14.3. The van der Waals surface area contributed by atoms with Gasteiger partial charge in [0.15, 0.2) is 5.78 Å². The van der Waals surface area contributed by atoms with Crippen molar-refractivity contribution in [3.63, 3.8) is 0 Å². The van der Waals surface area contributed by atoms with Crippen LogP contribution in [0.1, 0.15) is 63.9 Å². The molecule has 124 valence electrons. The number of ketones is 1. The van der Waals surface area contributed by atoms with Gasteiger partial charge in [0.1, 0.15) is 0 Å². The van der Waals surface area contributed by atoms with E-state index in [1.165, 1.54) is 36.0 Å². The molecule has 2 aliphatic rings. The number of ether oxygens (including phenoxy) is 1. The molecule has 0 bridgehead atoms. The Kier molecular flexibility index (Phi) is 5.32. The van der Waals surface area contributed by atoms with Crippen molar-refractivity contribution in [1.82, 2.24) is 0 Å². The van der Waals surface area contributed by atoms with Gasteiger partial charge in [0, 0.05) is 13.0 Å². The second-order valence-corrected chi connectivity index (χ2v) is 7.01. The highest BCUT2D eigenvalue weighted by molar-refractivity contribution is 5.97. The average molecular weight is 312 g/mol. The van der Waals surface area contributed by atoms with Crippen LogP contribution in [0.3, 0.4) is 0 Å². The third-order valence-electron chi connectivity index (χ3n) is 5.76. The van der Waals surface area contributed by atoms with Gasteiger partial charge in [0.25, 0.3) is 0 Å². The molecule has 0 amide bonds. The summed E-state index contributed by atoms with van der Waals surface area (Å²) in [5.74, 6) is 0.411. The fourth-order valence-corrected chi connectivity index (χ4v) is 4.41. The Hall–Kier alpha value is -1.41. The lowest BCUT2D eigenvalue weighted by molar-refractivity contribution is -0.117. The zero-order valence-corrected chi connectivity index (χ0v) is 14.3. The van der Waals surface area contributed by atoms with Crippen LogP contribution in [0, 0.1) is 5.41 Å². The Morgan fingerprint density at radius 2 is 1.96 bits per heavy atom. The lowest BCUT2D eigenvalue weighted by Gasteiger charge is -2.35. The number of carbonyl (C=O) groups is 1. The van der Waals surface area contributed by atoms with Crippen LogP contribution in [0.5, 0.6) is 0 Å². The van der Waals surface area contributed by atoms with Gasteiger partial charge in [-0.2, -0.15) is 0 Å². The van der Waals surface area contributed by atoms with E-state index in [4.69, 9.17) is 4.74 Å². The number of hydrogen-bond donors (Lipinski definition) is 0. The smallest absolute Gasteiger partial charge is 0.158 e. The molecule has 1 aromatic rings. The first-order valence-corrected chi connectivity index (χ1v) is 9.12. The summed E-state index contributed by atoms with van der Waals surface area (Å²) < 4.78 is 5.77. The maximum Gasteiger partial charge on any atom is 0.158 e. The molecule has 2 aliphatic carbocycles. The Morgan fingerprint density at radius 1 is 1.13 bits per heavy atom. The summed E-state index contributed by atoms with van der Waals surface area (Å²) in [6.45, 7) is 3.69. The van der Waals surface area contributed by atoms with Gasteiger partial charge in [0.2, 0.25) is 0 Å². The SMILES string of the molecule is CC[C@]12CCCC1=C(CCCOCc1ccccc1)C(=O)CC2. The minimum Gasteiger partial charge on any atom is -0.377 e. The van der Waals surface area contributed by atoms with E-state index in [0.717, 1.165) is 38.7 Å². The predicted molar refractivity (Wildman–Crippen MR) is 93.2 cm³/mol. The van der Waals surface area contributed by atoms with Crippen molar-refractivity contribution in [2.45, 2.75) is 64.9 Å². The quantitative estimate of drug-likeness (QED) is 0.645. The number of benzene rings is 1. The summed E-state index contributed by atoms with van der Waals surface area (Å²) in [5, 5.41) is 0. The molecule has 0 saturated heterocycles. The van der Waals surface area contributed by atoms with E-state index in [1.54, 1.807) is 0 Å². The van der Waals surface area contributed by atoms with Gasteiger partial charge in [0.05, 0.1) is 6.61 Å². The monoisotopic (exact) mass is 312 g/mol. The van der Waals surface area contributed by atoms with Crippen molar-refractivity contribution in [1.29, 1.82) is 0 Å². The number of Topliss-reactive ketones (excluding diaryl/α,β-unsaturated/α-hetero) is 1. The van der Waals surface area contributed by atoms with Crippen LogP contribution in [-0.2, 0) is 16.1 Å². The van der Waals surface area contributed by atoms with Gasteiger partial charge >= 0.3 is 0 Å². The fourth-order valence-electron chi connectivity index (χ4n) is 4.41. The lowest BCUT2D eigenvalue weighted by Crippen LogP contribution is -2.27. The van der Waals surface area contributed by atoms with E-state index in [2.05, 4.69) is 19.1 Å². The highest BCUT2D eigenvalue weighted by Crippen LogP contribution is 2.53. The Balaban J connectivity index is 1.53. The van der Waals surface area contributed by atoms with Crippen molar-refractivity contribution in [3.05, 3.63) is 47.0 Å². The first kappa shape index (κ1) is 16.4. The molecule has 2 nitrogen and oxygen atoms in total. The van der Waals surface area contributed by atoms with Gasteiger partial charge in [-0.05, 0) is 61.5 Å². The van der Waals surface area contributed by atoms with E-state index < -0.39 is 0 Å². The molecule has 3 rings (SSSR count). The molecule has 1 atom stereocenters. The third-order valence-corrected chi connectivity index (χ3v) is 5.76. The highest BCUT2D eigenvalue weighted by Gasteiger charge is 2.42. The summed E-state index contributed by atoms with van der Waals surface area (Å²) in [7, 11) is 0. The molecule has 2 heteroatoms. The summed E-state index contributed by atoms with van der Waals surface area (Å²) in [5.41, 5.74) is 4.26. The Morgan fingerprint density at radius 3 is 2.74 bits per heavy atom. The minimum atomic E-state index is 0.369. The Labute approximate surface area is 139 Å². The number of hydrogen-bond acceptors (Lipinski definition) is 2. The number of rotatable bonds is 7. The van der Waals surface area contributed by atoms with Crippen LogP contribution >= 0.6 is 0 Å². The molecule has 1 saturated carbocycles. The largest absolute Gasteiger partial charge is 0.377 e. The second kappa shape index (κ2) is 7.44. The van der Waals surface area contributed by atoms with Crippen LogP contribution in [0.4, 0.5) is 0 Å². The lowest BCUT2D eigenvalue weighted by atomic mass is 9.69. The molecule has 1 fully saturated rings. The molecule has 0 heterocycles. The van der Waals surface area contributed by atoms with E-state index in [9.17, 15) is 4.79 Å². The van der Waals surface area contributed by atoms with Gasteiger partial charge in [-0.15, -0.1) is 0 Å². The van der Waals surface area contributed by atoms with Crippen LogP contribution in [0.15, 0.2) is 41.5 Å². The normalized spacial score (nSPS) is 24.1. The van der Waals surface area contributed by atoms with Gasteiger partial charge in [-0.25, -0.2) is 0 Å². The van der Waals surface area contributed by atoms with Gasteiger partial charge in [-0.3, -0.25) is 4.79 Å². The van der Waals surface area contributed by atoms with E-state index in [1.807, 2.05) is 18.2 Å². The molecule has 0 spiro atoms. The third kappa shape index (κ3) is 3.58.